The van der Waals surface area contributed by atoms with E-state index in [1.54, 1.807) is 17.0 Å². The van der Waals surface area contributed by atoms with Gasteiger partial charge in [-0.3, -0.25) is 9.59 Å². The second-order valence-electron chi connectivity index (χ2n) is 8.72. The largest absolute Gasteiger partial charge is 0.459 e. The summed E-state index contributed by atoms with van der Waals surface area (Å²) in [5, 5.41) is 9.04. The fraction of sp³-hybridized carbons (Fsp3) is 0.296. The smallest absolute Gasteiger partial charge is 0.290 e. The number of furan rings is 1. The number of benzene rings is 2. The summed E-state index contributed by atoms with van der Waals surface area (Å²) in [6.07, 6.45) is 2.81. The van der Waals surface area contributed by atoms with E-state index in [1.807, 2.05) is 53.4 Å². The first-order chi connectivity index (χ1) is 16.6. The minimum absolute atomic E-state index is 0.0175. The third-order valence-corrected chi connectivity index (χ3v) is 6.70. The van der Waals surface area contributed by atoms with Gasteiger partial charge in [0.05, 0.1) is 17.9 Å². The summed E-state index contributed by atoms with van der Waals surface area (Å²) in [7, 11) is 0. The molecule has 0 spiro atoms. The van der Waals surface area contributed by atoms with E-state index >= 15 is 0 Å². The normalized spacial score (nSPS) is 18.1. The fourth-order valence-electron chi connectivity index (χ4n) is 4.85. The zero-order valence-electron chi connectivity index (χ0n) is 18.9. The summed E-state index contributed by atoms with van der Waals surface area (Å²) in [6, 6.07) is 20.5. The van der Waals surface area contributed by atoms with Crippen molar-refractivity contribution < 1.29 is 14.0 Å². The molecule has 172 valence electrons. The molecule has 5 rings (SSSR count). The van der Waals surface area contributed by atoms with E-state index in [1.165, 1.54) is 6.26 Å². The molecular formula is C27H26N4O3. The van der Waals surface area contributed by atoms with Crippen molar-refractivity contribution in [2.75, 3.05) is 31.1 Å². The van der Waals surface area contributed by atoms with Gasteiger partial charge in [0, 0.05) is 44.8 Å². The molecule has 0 bridgehead atoms. The maximum absolute atomic E-state index is 13.8. The van der Waals surface area contributed by atoms with Crippen molar-refractivity contribution in [3.63, 3.8) is 0 Å². The highest BCUT2D eigenvalue weighted by Gasteiger charge is 2.38. The Morgan fingerprint density at radius 1 is 0.912 bits per heavy atom. The lowest BCUT2D eigenvalue weighted by Crippen LogP contribution is -2.54. The van der Waals surface area contributed by atoms with Crippen molar-refractivity contribution in [2.45, 2.75) is 25.4 Å². The number of fused-ring (bicyclic) bond motifs is 1. The predicted molar refractivity (Wildman–Crippen MR) is 127 cm³/mol. The zero-order valence-corrected chi connectivity index (χ0v) is 18.9. The summed E-state index contributed by atoms with van der Waals surface area (Å²) >= 11 is 0. The molecule has 1 saturated heterocycles. The molecule has 0 N–H and O–H groups in total. The van der Waals surface area contributed by atoms with E-state index in [2.05, 4.69) is 11.0 Å². The molecule has 2 aliphatic heterocycles. The van der Waals surface area contributed by atoms with Gasteiger partial charge in [-0.05, 0) is 53.9 Å². The molecule has 1 atom stereocenters. The van der Waals surface area contributed by atoms with Gasteiger partial charge in [0.1, 0.15) is 6.04 Å². The van der Waals surface area contributed by atoms with Crippen LogP contribution in [0.2, 0.25) is 0 Å². The molecule has 7 heteroatoms. The first-order valence-corrected chi connectivity index (χ1v) is 11.6. The van der Waals surface area contributed by atoms with Crippen LogP contribution in [0.25, 0.3) is 0 Å². The first-order valence-electron chi connectivity index (χ1n) is 11.6. The molecule has 2 amide bonds. The van der Waals surface area contributed by atoms with Crippen LogP contribution in [-0.2, 0) is 17.8 Å². The lowest BCUT2D eigenvalue weighted by atomic mass is 9.92. The van der Waals surface area contributed by atoms with Crippen LogP contribution in [0.1, 0.15) is 33.7 Å². The summed E-state index contributed by atoms with van der Waals surface area (Å²) in [5.41, 5.74) is 3.86. The van der Waals surface area contributed by atoms with Gasteiger partial charge >= 0.3 is 0 Å². The lowest BCUT2D eigenvalue weighted by molar-refractivity contribution is -0.136. The molecule has 1 unspecified atom stereocenters. The second kappa shape index (κ2) is 9.44. The number of nitrogens with zero attached hydrogens (tertiary/aromatic N) is 4. The van der Waals surface area contributed by atoms with Crippen LogP contribution in [-0.4, -0.2) is 53.8 Å². The van der Waals surface area contributed by atoms with E-state index in [9.17, 15) is 9.59 Å². The number of nitriles is 1. The van der Waals surface area contributed by atoms with Crippen LogP contribution < -0.4 is 4.90 Å². The Balaban J connectivity index is 1.35. The standard InChI is InChI=1S/C27H26N4O3/c28-18-20-8-10-23(11-9-20)29-12-4-13-30(15-14-29)26(32)24-17-21-5-1-2-6-22(21)19-31(24)27(33)25-7-3-16-34-25/h1-3,5-11,16,24H,4,12-15,17,19H2. The molecule has 7 nitrogen and oxygen atoms in total. The molecule has 1 aromatic heterocycles. The molecule has 1 fully saturated rings. The highest BCUT2D eigenvalue weighted by atomic mass is 16.3. The third kappa shape index (κ3) is 4.27. The van der Waals surface area contributed by atoms with Crippen LogP contribution >= 0.6 is 0 Å². The van der Waals surface area contributed by atoms with Gasteiger partial charge < -0.3 is 19.1 Å². The van der Waals surface area contributed by atoms with Crippen molar-refractivity contribution in [1.29, 1.82) is 5.26 Å². The predicted octanol–water partition coefficient (Wildman–Crippen LogP) is 3.46. The first kappa shape index (κ1) is 21.8. The van der Waals surface area contributed by atoms with Crippen molar-refractivity contribution in [3.05, 3.63) is 89.4 Å². The number of carbonyl (C=O) groups excluding carboxylic acids is 2. The molecule has 3 heterocycles. The number of amides is 2. The fourth-order valence-corrected chi connectivity index (χ4v) is 4.85. The average Bonchev–Trinajstić information content (AvgIpc) is 3.32. The third-order valence-electron chi connectivity index (χ3n) is 6.70. The number of carbonyl (C=O) groups is 2. The number of hydrogen-bond acceptors (Lipinski definition) is 5. The molecule has 2 aromatic carbocycles. The zero-order chi connectivity index (χ0) is 23.5. The van der Waals surface area contributed by atoms with Gasteiger partial charge in [-0.25, -0.2) is 0 Å². The minimum Gasteiger partial charge on any atom is -0.459 e. The number of hydrogen-bond donors (Lipinski definition) is 0. The monoisotopic (exact) mass is 454 g/mol. The van der Waals surface area contributed by atoms with E-state index < -0.39 is 6.04 Å². The van der Waals surface area contributed by atoms with Crippen LogP contribution in [0.15, 0.2) is 71.3 Å². The number of rotatable bonds is 3. The molecule has 34 heavy (non-hydrogen) atoms. The van der Waals surface area contributed by atoms with E-state index in [-0.39, 0.29) is 17.6 Å². The lowest BCUT2D eigenvalue weighted by Gasteiger charge is -2.38. The van der Waals surface area contributed by atoms with Crippen LogP contribution in [0, 0.1) is 11.3 Å². The molecule has 0 saturated carbocycles. The van der Waals surface area contributed by atoms with Crippen LogP contribution in [0.4, 0.5) is 5.69 Å². The van der Waals surface area contributed by atoms with Gasteiger partial charge in [-0.15, -0.1) is 0 Å². The maximum Gasteiger partial charge on any atom is 0.290 e. The Morgan fingerprint density at radius 3 is 2.44 bits per heavy atom. The Labute approximate surface area is 198 Å². The summed E-state index contributed by atoms with van der Waals surface area (Å²) in [6.45, 7) is 3.15. The van der Waals surface area contributed by atoms with Crippen molar-refractivity contribution in [1.82, 2.24) is 9.80 Å². The average molecular weight is 455 g/mol. The molecular weight excluding hydrogens is 428 g/mol. The van der Waals surface area contributed by atoms with Crippen molar-refractivity contribution in [2.24, 2.45) is 0 Å². The van der Waals surface area contributed by atoms with Gasteiger partial charge in [-0.2, -0.15) is 5.26 Å². The van der Waals surface area contributed by atoms with Gasteiger partial charge in [0.25, 0.3) is 5.91 Å². The second-order valence-corrected chi connectivity index (χ2v) is 8.72. The highest BCUT2D eigenvalue weighted by Crippen LogP contribution is 2.27. The Kier molecular flexibility index (Phi) is 6.05. The highest BCUT2D eigenvalue weighted by molar-refractivity contribution is 5.96. The summed E-state index contributed by atoms with van der Waals surface area (Å²) < 4.78 is 5.37. The Hall–Kier alpha value is -4.05. The van der Waals surface area contributed by atoms with E-state index in [0.29, 0.717) is 38.2 Å². The SMILES string of the molecule is N#Cc1ccc(N2CCCN(C(=O)C3Cc4ccccc4CN3C(=O)c3ccco3)CC2)cc1. The molecule has 0 radical (unpaired) electrons. The summed E-state index contributed by atoms with van der Waals surface area (Å²) in [4.78, 5) is 32.8. The molecule has 2 aliphatic rings. The Morgan fingerprint density at radius 2 is 1.71 bits per heavy atom. The van der Waals surface area contributed by atoms with Crippen LogP contribution in [0.3, 0.4) is 0 Å². The molecule has 3 aromatic rings. The van der Waals surface area contributed by atoms with Gasteiger partial charge in [0.2, 0.25) is 5.91 Å². The minimum atomic E-state index is -0.561. The topological polar surface area (TPSA) is 80.8 Å². The van der Waals surface area contributed by atoms with Crippen LogP contribution in [0.5, 0.6) is 0 Å². The Bertz CT molecular complexity index is 1210. The van der Waals surface area contributed by atoms with Gasteiger partial charge in [0.15, 0.2) is 5.76 Å². The van der Waals surface area contributed by atoms with E-state index in [0.717, 1.165) is 29.8 Å². The van der Waals surface area contributed by atoms with Gasteiger partial charge in [-0.1, -0.05) is 24.3 Å². The van der Waals surface area contributed by atoms with Crippen molar-refractivity contribution >= 4 is 17.5 Å². The molecule has 0 aliphatic carbocycles. The van der Waals surface area contributed by atoms with E-state index in [4.69, 9.17) is 9.68 Å². The number of anilines is 1. The maximum atomic E-state index is 13.8. The quantitative estimate of drug-likeness (QED) is 0.606. The van der Waals surface area contributed by atoms with Crippen molar-refractivity contribution in [3.8, 4) is 6.07 Å². The summed E-state index contributed by atoms with van der Waals surface area (Å²) in [5.74, 6) is -0.0250.